The van der Waals surface area contributed by atoms with Crippen molar-refractivity contribution in [2.24, 2.45) is 0 Å². The van der Waals surface area contributed by atoms with Crippen LogP contribution in [-0.4, -0.2) is 21.8 Å². The summed E-state index contributed by atoms with van der Waals surface area (Å²) in [6.45, 7) is 3.23. The van der Waals surface area contributed by atoms with E-state index in [4.69, 9.17) is 5.11 Å². The molecule has 0 spiro atoms. The number of rotatable bonds is 3. The van der Waals surface area contributed by atoms with Gasteiger partial charge in [0.2, 0.25) is 0 Å². The molecule has 2 N–H and O–H groups in total. The van der Waals surface area contributed by atoms with E-state index in [1.165, 1.54) is 12.1 Å². The Morgan fingerprint density at radius 3 is 2.57 bits per heavy atom. The molecule has 0 aliphatic rings. The van der Waals surface area contributed by atoms with Crippen LogP contribution in [0.2, 0.25) is 0 Å². The fourth-order valence-corrected chi connectivity index (χ4v) is 1.16. The van der Waals surface area contributed by atoms with Gasteiger partial charge in [0, 0.05) is 0 Å². The summed E-state index contributed by atoms with van der Waals surface area (Å²) in [5.41, 5.74) is 0.618. The van der Waals surface area contributed by atoms with E-state index in [1.807, 2.05) is 13.8 Å². The van der Waals surface area contributed by atoms with Crippen LogP contribution in [0.1, 0.15) is 37.3 Å². The van der Waals surface area contributed by atoms with Crippen molar-refractivity contribution in [3.63, 3.8) is 0 Å². The van der Waals surface area contributed by atoms with Crippen molar-refractivity contribution >= 4 is 0 Å². The van der Waals surface area contributed by atoms with Crippen molar-refractivity contribution in [1.29, 1.82) is 0 Å². The van der Waals surface area contributed by atoms with Gasteiger partial charge in [0.05, 0.1) is 18.0 Å². The van der Waals surface area contributed by atoms with E-state index in [0.29, 0.717) is 11.4 Å². The van der Waals surface area contributed by atoms with E-state index < -0.39 is 12.7 Å². The van der Waals surface area contributed by atoms with Crippen molar-refractivity contribution < 1.29 is 14.6 Å². The lowest BCUT2D eigenvalue weighted by Crippen LogP contribution is -2.08. The molecule has 0 radical (unpaired) electrons. The summed E-state index contributed by atoms with van der Waals surface area (Å²) in [6, 6.07) is 2.64. The van der Waals surface area contributed by atoms with Crippen LogP contribution < -0.4 is 0 Å². The smallest absolute Gasteiger partial charge is 0.144 e. The van der Waals surface area contributed by atoms with Crippen molar-refractivity contribution in [3.05, 3.63) is 29.3 Å². The average molecular weight is 199 g/mol. The summed E-state index contributed by atoms with van der Waals surface area (Å²) in [6.07, 6.45) is -1.03. The first-order chi connectivity index (χ1) is 6.56. The molecule has 1 heterocycles. The van der Waals surface area contributed by atoms with Gasteiger partial charge in [-0.3, -0.25) is 4.98 Å². The lowest BCUT2D eigenvalue weighted by molar-refractivity contribution is 0.0919. The Kier molecular flexibility index (Phi) is 3.55. The van der Waals surface area contributed by atoms with Crippen LogP contribution in [0.15, 0.2) is 12.1 Å². The van der Waals surface area contributed by atoms with Crippen LogP contribution >= 0.6 is 0 Å². The Morgan fingerprint density at radius 1 is 1.43 bits per heavy atom. The van der Waals surface area contributed by atoms with Gasteiger partial charge in [0.15, 0.2) is 0 Å². The van der Waals surface area contributed by atoms with Gasteiger partial charge in [-0.15, -0.1) is 0 Å². The zero-order valence-electron chi connectivity index (χ0n) is 8.24. The molecular formula is C10H14FNO2. The second-order valence-corrected chi connectivity index (χ2v) is 3.46. The number of hydrogen-bond donors (Lipinski definition) is 2. The third kappa shape index (κ3) is 2.27. The molecule has 14 heavy (non-hydrogen) atoms. The number of nitrogens with zero attached hydrogens (tertiary/aromatic N) is 1. The standard InChI is InChI=1S/C10H14FNO2/c1-6(2)10-7(11)3-4-8(12-10)9(14)5-13/h3-4,6,9,13-14H,5H2,1-2H3. The van der Waals surface area contributed by atoms with Crippen molar-refractivity contribution in [2.75, 3.05) is 6.61 Å². The molecule has 78 valence electrons. The van der Waals surface area contributed by atoms with Gasteiger partial charge in [-0.05, 0) is 18.1 Å². The fraction of sp³-hybridized carbons (Fsp3) is 0.500. The molecule has 1 atom stereocenters. The number of aromatic nitrogens is 1. The monoisotopic (exact) mass is 199 g/mol. The average Bonchev–Trinajstić information content (AvgIpc) is 2.17. The first-order valence-electron chi connectivity index (χ1n) is 4.51. The predicted octanol–water partition coefficient (Wildman–Crippen LogP) is 1.37. The molecule has 1 rings (SSSR count). The van der Waals surface area contributed by atoms with E-state index in [0.717, 1.165) is 0 Å². The van der Waals surface area contributed by atoms with Gasteiger partial charge in [-0.2, -0.15) is 0 Å². The SMILES string of the molecule is CC(C)c1nc(C(O)CO)ccc1F. The number of pyridine rings is 1. The first kappa shape index (κ1) is 11.1. The zero-order chi connectivity index (χ0) is 10.7. The second-order valence-electron chi connectivity index (χ2n) is 3.46. The van der Waals surface area contributed by atoms with E-state index in [-0.39, 0.29) is 11.7 Å². The lowest BCUT2D eigenvalue weighted by atomic mass is 10.1. The van der Waals surface area contributed by atoms with Gasteiger partial charge >= 0.3 is 0 Å². The Bertz CT molecular complexity index is 315. The zero-order valence-corrected chi connectivity index (χ0v) is 8.24. The second kappa shape index (κ2) is 4.48. The Labute approximate surface area is 82.2 Å². The third-order valence-corrected chi connectivity index (χ3v) is 1.96. The molecular weight excluding hydrogens is 185 g/mol. The van der Waals surface area contributed by atoms with Gasteiger partial charge in [0.25, 0.3) is 0 Å². The molecule has 0 amide bonds. The Morgan fingerprint density at radius 2 is 2.07 bits per heavy atom. The summed E-state index contributed by atoms with van der Waals surface area (Å²) in [4.78, 5) is 3.96. The van der Waals surface area contributed by atoms with E-state index in [9.17, 15) is 9.50 Å². The summed E-state index contributed by atoms with van der Waals surface area (Å²) < 4.78 is 13.2. The maximum absolute atomic E-state index is 13.2. The molecule has 1 unspecified atom stereocenters. The van der Waals surface area contributed by atoms with Crippen molar-refractivity contribution in [2.45, 2.75) is 25.9 Å². The fourth-order valence-electron chi connectivity index (χ4n) is 1.16. The highest BCUT2D eigenvalue weighted by atomic mass is 19.1. The van der Waals surface area contributed by atoms with Gasteiger partial charge in [-0.1, -0.05) is 13.8 Å². The number of aliphatic hydroxyl groups excluding tert-OH is 2. The van der Waals surface area contributed by atoms with Crippen LogP contribution in [0.25, 0.3) is 0 Å². The molecule has 1 aromatic heterocycles. The molecule has 0 saturated carbocycles. The van der Waals surface area contributed by atoms with Crippen LogP contribution in [0, 0.1) is 5.82 Å². The minimum Gasteiger partial charge on any atom is -0.393 e. The largest absolute Gasteiger partial charge is 0.393 e. The molecule has 0 saturated heterocycles. The number of aliphatic hydroxyl groups is 2. The van der Waals surface area contributed by atoms with E-state index in [2.05, 4.69) is 4.98 Å². The summed E-state index contributed by atoms with van der Waals surface area (Å²) in [5, 5.41) is 18.0. The quantitative estimate of drug-likeness (QED) is 0.773. The van der Waals surface area contributed by atoms with Crippen LogP contribution in [0.3, 0.4) is 0 Å². The predicted molar refractivity (Wildman–Crippen MR) is 50.3 cm³/mol. The number of hydrogen-bond acceptors (Lipinski definition) is 3. The van der Waals surface area contributed by atoms with Gasteiger partial charge < -0.3 is 10.2 Å². The molecule has 0 bridgehead atoms. The topological polar surface area (TPSA) is 53.4 Å². The maximum atomic E-state index is 13.2. The van der Waals surface area contributed by atoms with Crippen LogP contribution in [-0.2, 0) is 0 Å². The lowest BCUT2D eigenvalue weighted by Gasteiger charge is -2.11. The highest BCUT2D eigenvalue weighted by Crippen LogP contribution is 2.18. The molecule has 1 aromatic rings. The molecule has 0 aliphatic heterocycles. The summed E-state index contributed by atoms with van der Waals surface area (Å²) in [7, 11) is 0. The van der Waals surface area contributed by atoms with E-state index >= 15 is 0 Å². The highest BCUT2D eigenvalue weighted by Gasteiger charge is 2.13. The van der Waals surface area contributed by atoms with Crippen LogP contribution in [0.4, 0.5) is 4.39 Å². The third-order valence-electron chi connectivity index (χ3n) is 1.96. The molecule has 0 fully saturated rings. The summed E-state index contributed by atoms with van der Waals surface area (Å²) >= 11 is 0. The maximum Gasteiger partial charge on any atom is 0.144 e. The Balaban J connectivity index is 3.06. The minimum atomic E-state index is -1.03. The minimum absolute atomic E-state index is 0.0409. The van der Waals surface area contributed by atoms with Gasteiger partial charge in [0.1, 0.15) is 11.9 Å². The highest BCUT2D eigenvalue weighted by molar-refractivity contribution is 5.17. The normalized spacial score (nSPS) is 13.3. The van der Waals surface area contributed by atoms with Crippen molar-refractivity contribution in [3.8, 4) is 0 Å². The molecule has 0 aliphatic carbocycles. The Hall–Kier alpha value is -1.00. The molecule has 0 aromatic carbocycles. The van der Waals surface area contributed by atoms with Crippen LogP contribution in [0.5, 0.6) is 0 Å². The molecule has 3 nitrogen and oxygen atoms in total. The van der Waals surface area contributed by atoms with Gasteiger partial charge in [-0.25, -0.2) is 4.39 Å². The molecule has 4 heteroatoms. The first-order valence-corrected chi connectivity index (χ1v) is 4.51. The summed E-state index contributed by atoms with van der Waals surface area (Å²) in [5.74, 6) is -0.422. The van der Waals surface area contributed by atoms with E-state index in [1.54, 1.807) is 0 Å². The van der Waals surface area contributed by atoms with Crippen molar-refractivity contribution in [1.82, 2.24) is 4.98 Å². The number of halogens is 1.